The van der Waals surface area contributed by atoms with Gasteiger partial charge in [-0.15, -0.1) is 0 Å². The second kappa shape index (κ2) is 7.64. The minimum absolute atomic E-state index is 0.00274. The number of halogens is 1. The van der Waals surface area contributed by atoms with Crippen molar-refractivity contribution in [3.8, 4) is 0 Å². The van der Waals surface area contributed by atoms with E-state index < -0.39 is 17.8 Å². The van der Waals surface area contributed by atoms with Crippen LogP contribution in [0.4, 0.5) is 0 Å². The van der Waals surface area contributed by atoms with Crippen molar-refractivity contribution in [2.24, 2.45) is 23.7 Å². The first-order valence-electron chi connectivity index (χ1n) is 9.70. The van der Waals surface area contributed by atoms with E-state index in [9.17, 15) is 14.7 Å². The summed E-state index contributed by atoms with van der Waals surface area (Å²) in [6.45, 7) is 3.63. The van der Waals surface area contributed by atoms with E-state index in [2.05, 4.69) is 11.0 Å². The number of rotatable bonds is 4. The Morgan fingerprint density at radius 1 is 1.00 bits per heavy atom. The Hall–Kier alpha value is -1.85. The van der Waals surface area contributed by atoms with E-state index in [1.54, 1.807) is 0 Å². The van der Waals surface area contributed by atoms with Crippen LogP contribution in [0.1, 0.15) is 18.4 Å². The number of benzene rings is 1. The molecule has 5 rings (SSSR count). The molecule has 2 bridgehead atoms. The second-order valence-corrected chi connectivity index (χ2v) is 8.28. The third kappa shape index (κ3) is 3.63. The molecule has 1 saturated carbocycles. The minimum atomic E-state index is -0.829. The summed E-state index contributed by atoms with van der Waals surface area (Å²) in [4.78, 5) is 29.1. The van der Waals surface area contributed by atoms with Crippen LogP contribution in [0.2, 0.25) is 5.02 Å². The lowest BCUT2D eigenvalue weighted by molar-refractivity contribution is -0.157. The molecule has 3 aliphatic carbocycles. The van der Waals surface area contributed by atoms with E-state index in [0.29, 0.717) is 13.1 Å². The van der Waals surface area contributed by atoms with Crippen molar-refractivity contribution < 1.29 is 14.7 Å². The molecule has 0 radical (unpaired) electrons. The highest BCUT2D eigenvalue weighted by Gasteiger charge is 2.49. The predicted molar refractivity (Wildman–Crippen MR) is 103 cm³/mol. The number of carbonyl (C=O) groups is 2. The Morgan fingerprint density at radius 3 is 2.22 bits per heavy atom. The molecule has 144 valence electrons. The average Bonchev–Trinajstić information content (AvgIpc) is 2.70. The van der Waals surface area contributed by atoms with Crippen LogP contribution in [0, 0.1) is 23.7 Å². The predicted octanol–water partition coefficient (Wildman–Crippen LogP) is 2.90. The topological polar surface area (TPSA) is 60.9 Å². The number of fused-ring (bicyclic) bond motifs is 2. The van der Waals surface area contributed by atoms with E-state index in [1.807, 2.05) is 35.2 Å². The smallest absolute Gasteiger partial charge is 0.307 e. The number of piperazine rings is 1. The number of carboxylic acids is 1. The van der Waals surface area contributed by atoms with Gasteiger partial charge in [0.2, 0.25) is 5.91 Å². The molecular formula is C21H25ClN2O3. The van der Waals surface area contributed by atoms with Gasteiger partial charge in [0.25, 0.3) is 0 Å². The molecule has 1 saturated heterocycles. The summed E-state index contributed by atoms with van der Waals surface area (Å²) in [5.41, 5.74) is 1.10. The van der Waals surface area contributed by atoms with Crippen molar-refractivity contribution in [3.63, 3.8) is 0 Å². The highest BCUT2D eigenvalue weighted by Crippen LogP contribution is 2.45. The molecule has 4 atom stereocenters. The largest absolute Gasteiger partial charge is 0.481 e. The molecular weight excluding hydrogens is 364 g/mol. The fourth-order valence-corrected chi connectivity index (χ4v) is 5.07. The van der Waals surface area contributed by atoms with Crippen LogP contribution in [-0.2, 0) is 16.1 Å². The van der Waals surface area contributed by atoms with Crippen molar-refractivity contribution in [3.05, 3.63) is 47.0 Å². The Morgan fingerprint density at radius 2 is 1.63 bits per heavy atom. The number of carboxylic acid groups (broad SMARTS) is 1. The molecule has 27 heavy (non-hydrogen) atoms. The lowest BCUT2D eigenvalue weighted by Gasteiger charge is -2.45. The van der Waals surface area contributed by atoms with Crippen molar-refractivity contribution in [2.45, 2.75) is 19.4 Å². The fraction of sp³-hybridized carbons (Fsp3) is 0.524. The molecule has 1 N–H and O–H groups in total. The quantitative estimate of drug-likeness (QED) is 0.806. The highest BCUT2D eigenvalue weighted by atomic mass is 35.5. The summed E-state index contributed by atoms with van der Waals surface area (Å²) in [5, 5.41) is 10.5. The first-order valence-corrected chi connectivity index (χ1v) is 10.1. The zero-order valence-electron chi connectivity index (χ0n) is 15.3. The lowest BCUT2D eigenvalue weighted by atomic mass is 9.62. The Balaban J connectivity index is 1.39. The normalized spacial score (nSPS) is 30.5. The van der Waals surface area contributed by atoms with Crippen molar-refractivity contribution in [1.29, 1.82) is 0 Å². The molecule has 0 unspecified atom stereocenters. The molecule has 2 fully saturated rings. The first kappa shape index (κ1) is 18.5. The van der Waals surface area contributed by atoms with Crippen LogP contribution in [0.25, 0.3) is 0 Å². The highest BCUT2D eigenvalue weighted by molar-refractivity contribution is 6.31. The van der Waals surface area contributed by atoms with Gasteiger partial charge in [0, 0.05) is 37.7 Å². The number of hydrogen-bond donors (Lipinski definition) is 1. The van der Waals surface area contributed by atoms with Gasteiger partial charge in [-0.05, 0) is 36.3 Å². The average molecular weight is 389 g/mol. The molecule has 0 spiro atoms. The third-order valence-corrected chi connectivity index (χ3v) is 6.72. The number of hydrogen-bond acceptors (Lipinski definition) is 3. The van der Waals surface area contributed by atoms with Crippen LogP contribution >= 0.6 is 11.6 Å². The van der Waals surface area contributed by atoms with Crippen LogP contribution in [-0.4, -0.2) is 53.0 Å². The minimum Gasteiger partial charge on any atom is -0.481 e. The summed E-state index contributed by atoms with van der Waals surface area (Å²) in [6, 6.07) is 7.84. The van der Waals surface area contributed by atoms with Crippen LogP contribution < -0.4 is 0 Å². The molecule has 6 heteroatoms. The standard InChI is InChI=1S/C21H25ClN2O3/c22-17-4-2-1-3-16(17)13-23-9-11-24(12-10-23)20(25)18-14-5-7-15(8-6-14)19(18)21(26)27/h1-5,7,14-15,18-19H,6,8-13H2,(H,26,27)/t14-,15-,18-,19+/m0/s1. The van der Waals surface area contributed by atoms with Gasteiger partial charge < -0.3 is 10.0 Å². The summed E-state index contributed by atoms with van der Waals surface area (Å²) in [6.07, 6.45) is 5.89. The summed E-state index contributed by atoms with van der Waals surface area (Å²) in [7, 11) is 0. The molecule has 4 aliphatic rings. The van der Waals surface area contributed by atoms with E-state index in [-0.39, 0.29) is 17.7 Å². The fourth-order valence-electron chi connectivity index (χ4n) is 4.87. The monoisotopic (exact) mass is 388 g/mol. The van der Waals surface area contributed by atoms with Crippen molar-refractivity contribution in [1.82, 2.24) is 9.80 Å². The Bertz CT molecular complexity index is 758. The second-order valence-electron chi connectivity index (χ2n) is 7.87. The number of carbonyl (C=O) groups excluding carboxylic acids is 1. The number of allylic oxidation sites excluding steroid dienone is 2. The Labute approximate surface area is 164 Å². The summed E-state index contributed by atoms with van der Waals surface area (Å²) >= 11 is 6.25. The van der Waals surface area contributed by atoms with Gasteiger partial charge in [-0.3, -0.25) is 14.5 Å². The maximum atomic E-state index is 13.2. The van der Waals surface area contributed by atoms with Gasteiger partial charge in [0.1, 0.15) is 0 Å². The SMILES string of the molecule is O=C(O)[C@H]1[C@@H](C(=O)N2CCN(Cc3ccccc3Cl)CC2)[C@H]2C=C[C@H]1CC2. The van der Waals surface area contributed by atoms with Crippen LogP contribution in [0.3, 0.4) is 0 Å². The Kier molecular flexibility index (Phi) is 5.24. The van der Waals surface area contributed by atoms with Gasteiger partial charge in [0.15, 0.2) is 0 Å². The maximum Gasteiger partial charge on any atom is 0.307 e. The van der Waals surface area contributed by atoms with Gasteiger partial charge in [0.05, 0.1) is 11.8 Å². The summed E-state index contributed by atoms with van der Waals surface area (Å²) < 4.78 is 0. The van der Waals surface area contributed by atoms with Crippen molar-refractivity contribution >= 4 is 23.5 Å². The van der Waals surface area contributed by atoms with Gasteiger partial charge >= 0.3 is 5.97 Å². The number of aliphatic carboxylic acids is 1. The molecule has 1 amide bonds. The van der Waals surface area contributed by atoms with E-state index in [1.165, 1.54) is 0 Å². The van der Waals surface area contributed by atoms with Crippen LogP contribution in [0.5, 0.6) is 0 Å². The van der Waals surface area contributed by atoms with Gasteiger partial charge in [-0.2, -0.15) is 0 Å². The molecule has 1 aromatic rings. The van der Waals surface area contributed by atoms with Gasteiger partial charge in [-0.1, -0.05) is 42.0 Å². The third-order valence-electron chi connectivity index (χ3n) is 6.35. The van der Waals surface area contributed by atoms with E-state index in [0.717, 1.165) is 43.1 Å². The van der Waals surface area contributed by atoms with Gasteiger partial charge in [-0.25, -0.2) is 0 Å². The lowest BCUT2D eigenvalue weighted by Crippen LogP contribution is -2.55. The number of amides is 1. The zero-order chi connectivity index (χ0) is 19.0. The zero-order valence-corrected chi connectivity index (χ0v) is 16.0. The van der Waals surface area contributed by atoms with Crippen molar-refractivity contribution in [2.75, 3.05) is 26.2 Å². The molecule has 1 aromatic carbocycles. The van der Waals surface area contributed by atoms with E-state index in [4.69, 9.17) is 11.6 Å². The number of nitrogens with zero attached hydrogens (tertiary/aromatic N) is 2. The molecule has 0 aromatic heterocycles. The molecule has 5 nitrogen and oxygen atoms in total. The summed E-state index contributed by atoms with van der Waals surface area (Å²) in [5.74, 6) is -1.69. The first-order chi connectivity index (χ1) is 13.0. The molecule has 1 heterocycles. The maximum absolute atomic E-state index is 13.2. The van der Waals surface area contributed by atoms with Crippen LogP contribution in [0.15, 0.2) is 36.4 Å². The molecule has 1 aliphatic heterocycles. The van der Waals surface area contributed by atoms with E-state index >= 15 is 0 Å².